The van der Waals surface area contributed by atoms with Crippen LogP contribution in [-0.4, -0.2) is 46.0 Å². The predicted octanol–water partition coefficient (Wildman–Crippen LogP) is 3.38. The number of nitrogens with zero attached hydrogens (tertiary/aromatic N) is 1. The second-order valence-electron chi connectivity index (χ2n) is 7.29. The predicted molar refractivity (Wildman–Crippen MR) is 115 cm³/mol. The van der Waals surface area contributed by atoms with E-state index in [4.69, 9.17) is 4.74 Å². The van der Waals surface area contributed by atoms with Crippen LogP contribution in [0.2, 0.25) is 0 Å². The van der Waals surface area contributed by atoms with Crippen molar-refractivity contribution in [2.75, 3.05) is 26.7 Å². The maximum absolute atomic E-state index is 12.6. The van der Waals surface area contributed by atoms with Crippen LogP contribution in [0, 0.1) is 0 Å². The van der Waals surface area contributed by atoms with Crippen molar-refractivity contribution in [3.8, 4) is 0 Å². The van der Waals surface area contributed by atoms with E-state index in [1.165, 1.54) is 24.0 Å². The Bertz CT molecular complexity index is 955. The molecule has 2 heterocycles. The second-order valence-corrected chi connectivity index (χ2v) is 10.4. The van der Waals surface area contributed by atoms with Gasteiger partial charge in [0.25, 0.3) is 10.0 Å². The molecule has 6 nitrogen and oxygen atoms in total. The summed E-state index contributed by atoms with van der Waals surface area (Å²) in [6, 6.07) is 10.4. The molecule has 1 atom stereocenters. The largest absolute Gasteiger partial charge is 0.465 e. The molecule has 1 aromatic carbocycles. The fraction of sp³-hybridized carbons (Fsp3) is 0.476. The van der Waals surface area contributed by atoms with Crippen molar-refractivity contribution in [3.63, 3.8) is 0 Å². The van der Waals surface area contributed by atoms with Crippen LogP contribution in [0.4, 0.5) is 0 Å². The third kappa shape index (κ3) is 4.88. The van der Waals surface area contributed by atoms with E-state index in [0.29, 0.717) is 18.9 Å². The van der Waals surface area contributed by atoms with Crippen molar-refractivity contribution in [1.29, 1.82) is 0 Å². The van der Waals surface area contributed by atoms with Crippen LogP contribution in [0.25, 0.3) is 0 Å². The average Bonchev–Trinajstić information content (AvgIpc) is 3.12. The second kappa shape index (κ2) is 9.38. The molecule has 0 spiro atoms. The lowest BCUT2D eigenvalue weighted by Crippen LogP contribution is -2.31. The standard InChI is InChI=1S/C21H28N2O4S2/c1-4-22-29(25,26)21-19(20(24)27-3)17-11-13-23(14-18(17)28-21)12-10-15(2)16-8-6-5-7-9-16/h5-9,15,22H,4,10-14H2,1-3H3/t15-/m0/s1. The van der Waals surface area contributed by atoms with Crippen molar-refractivity contribution in [1.82, 2.24) is 9.62 Å². The topological polar surface area (TPSA) is 75.7 Å². The molecule has 1 aliphatic heterocycles. The number of rotatable bonds is 8. The van der Waals surface area contributed by atoms with E-state index >= 15 is 0 Å². The Morgan fingerprint density at radius 1 is 1.31 bits per heavy atom. The number of ether oxygens (including phenoxy) is 1. The molecular weight excluding hydrogens is 408 g/mol. The first kappa shape index (κ1) is 22.0. The van der Waals surface area contributed by atoms with Crippen molar-refractivity contribution in [3.05, 3.63) is 51.9 Å². The van der Waals surface area contributed by atoms with Crippen molar-refractivity contribution in [2.45, 2.75) is 43.4 Å². The first-order valence-corrected chi connectivity index (χ1v) is 12.2. The Morgan fingerprint density at radius 3 is 2.69 bits per heavy atom. The fourth-order valence-corrected chi connectivity index (χ4v) is 6.71. The molecule has 1 aromatic heterocycles. The summed E-state index contributed by atoms with van der Waals surface area (Å²) in [4.78, 5) is 15.6. The highest BCUT2D eigenvalue weighted by Crippen LogP contribution is 2.36. The van der Waals surface area contributed by atoms with Crippen LogP contribution in [0.15, 0.2) is 34.5 Å². The fourth-order valence-electron chi connectivity index (χ4n) is 3.70. The van der Waals surface area contributed by atoms with Crippen molar-refractivity contribution < 1.29 is 17.9 Å². The van der Waals surface area contributed by atoms with E-state index in [2.05, 4.69) is 40.8 Å². The highest BCUT2D eigenvalue weighted by atomic mass is 32.2. The number of sulfonamides is 1. The first-order valence-electron chi connectivity index (χ1n) is 9.87. The lowest BCUT2D eigenvalue weighted by molar-refractivity contribution is 0.0595. The minimum Gasteiger partial charge on any atom is -0.465 e. The molecule has 1 N–H and O–H groups in total. The van der Waals surface area contributed by atoms with Gasteiger partial charge in [-0.2, -0.15) is 0 Å². The number of benzene rings is 1. The maximum Gasteiger partial charge on any atom is 0.340 e. The normalized spacial score (nSPS) is 15.7. The van der Waals surface area contributed by atoms with E-state index in [9.17, 15) is 13.2 Å². The van der Waals surface area contributed by atoms with Gasteiger partial charge in [0.15, 0.2) is 0 Å². The molecule has 0 amide bonds. The average molecular weight is 437 g/mol. The van der Waals surface area contributed by atoms with Gasteiger partial charge < -0.3 is 4.74 Å². The smallest absolute Gasteiger partial charge is 0.340 e. The summed E-state index contributed by atoms with van der Waals surface area (Å²) in [5.41, 5.74) is 2.37. The maximum atomic E-state index is 12.6. The van der Waals surface area contributed by atoms with Crippen molar-refractivity contribution >= 4 is 27.3 Å². The monoisotopic (exact) mass is 436 g/mol. The molecule has 0 unspecified atom stereocenters. The summed E-state index contributed by atoms with van der Waals surface area (Å²) in [6.45, 7) is 6.61. The zero-order valence-corrected chi connectivity index (χ0v) is 18.7. The van der Waals surface area contributed by atoms with Gasteiger partial charge in [0.1, 0.15) is 4.21 Å². The molecule has 0 aliphatic carbocycles. The third-order valence-corrected chi connectivity index (χ3v) is 8.60. The van der Waals surface area contributed by atoms with Crippen LogP contribution in [0.5, 0.6) is 0 Å². The van der Waals surface area contributed by atoms with E-state index < -0.39 is 16.0 Å². The number of carbonyl (C=O) groups is 1. The number of nitrogens with one attached hydrogen (secondary N) is 1. The number of methoxy groups -OCH3 is 1. The van der Waals surface area contributed by atoms with E-state index in [1.54, 1.807) is 6.92 Å². The van der Waals surface area contributed by atoms with Gasteiger partial charge >= 0.3 is 5.97 Å². The molecule has 158 valence electrons. The quantitative estimate of drug-likeness (QED) is 0.642. The van der Waals surface area contributed by atoms with Crippen LogP contribution in [0.3, 0.4) is 0 Å². The number of hydrogen-bond donors (Lipinski definition) is 1. The molecule has 0 radical (unpaired) electrons. The van der Waals surface area contributed by atoms with Crippen LogP contribution in [-0.2, 0) is 27.7 Å². The van der Waals surface area contributed by atoms with Gasteiger partial charge in [0.05, 0.1) is 12.7 Å². The van der Waals surface area contributed by atoms with Gasteiger partial charge in [-0.05, 0) is 36.4 Å². The summed E-state index contributed by atoms with van der Waals surface area (Å²) in [7, 11) is -2.43. The van der Waals surface area contributed by atoms with Gasteiger partial charge in [0.2, 0.25) is 0 Å². The summed E-state index contributed by atoms with van der Waals surface area (Å²) in [5, 5.41) is 0. The highest BCUT2D eigenvalue weighted by molar-refractivity contribution is 7.91. The van der Waals surface area contributed by atoms with Gasteiger partial charge in [-0.15, -0.1) is 11.3 Å². The van der Waals surface area contributed by atoms with E-state index in [1.807, 2.05) is 6.07 Å². The minimum absolute atomic E-state index is 0.0794. The molecule has 3 rings (SSSR count). The summed E-state index contributed by atoms with van der Waals surface area (Å²) < 4.78 is 32.7. The number of carbonyl (C=O) groups excluding carboxylic acids is 1. The van der Waals surface area contributed by atoms with Gasteiger partial charge in [-0.3, -0.25) is 4.90 Å². The Hall–Kier alpha value is -1.74. The number of hydrogen-bond acceptors (Lipinski definition) is 6. The van der Waals surface area contributed by atoms with Crippen LogP contribution >= 0.6 is 11.3 Å². The zero-order chi connectivity index (χ0) is 21.0. The molecule has 2 aromatic rings. The lowest BCUT2D eigenvalue weighted by atomic mass is 9.97. The zero-order valence-electron chi connectivity index (χ0n) is 17.1. The van der Waals surface area contributed by atoms with Gasteiger partial charge in [-0.25, -0.2) is 17.9 Å². The summed E-state index contributed by atoms with van der Waals surface area (Å²) in [5.74, 6) is -0.124. The molecule has 1 aliphatic rings. The summed E-state index contributed by atoms with van der Waals surface area (Å²) >= 11 is 1.19. The SMILES string of the molecule is CCNS(=O)(=O)c1sc2c(c1C(=O)OC)CCN(CC[C@H](C)c1ccccc1)C2. The first-order chi connectivity index (χ1) is 13.9. The van der Waals surface area contributed by atoms with Gasteiger partial charge in [0, 0.05) is 24.5 Å². The Morgan fingerprint density at radius 2 is 2.03 bits per heavy atom. The van der Waals surface area contributed by atoms with Crippen LogP contribution < -0.4 is 4.72 Å². The third-order valence-electron chi connectivity index (χ3n) is 5.32. The molecule has 0 bridgehead atoms. The Labute approximate surface area is 176 Å². The summed E-state index contributed by atoms with van der Waals surface area (Å²) in [6.07, 6.45) is 1.68. The molecule has 0 saturated carbocycles. The van der Waals surface area contributed by atoms with Crippen molar-refractivity contribution in [2.24, 2.45) is 0 Å². The van der Waals surface area contributed by atoms with E-state index in [-0.39, 0.29) is 16.3 Å². The highest BCUT2D eigenvalue weighted by Gasteiger charge is 2.33. The number of esters is 1. The molecular formula is C21H28N2O4S2. The molecule has 0 saturated heterocycles. The Kier molecular flexibility index (Phi) is 7.10. The number of thiophene rings is 1. The lowest BCUT2D eigenvalue weighted by Gasteiger charge is -2.28. The Balaban J connectivity index is 1.78. The van der Waals surface area contributed by atoms with Gasteiger partial charge in [-0.1, -0.05) is 44.2 Å². The molecule has 29 heavy (non-hydrogen) atoms. The van der Waals surface area contributed by atoms with Crippen LogP contribution in [0.1, 0.15) is 52.5 Å². The molecule has 0 fully saturated rings. The molecule has 8 heteroatoms. The minimum atomic E-state index is -3.72. The number of fused-ring (bicyclic) bond motifs is 1. The van der Waals surface area contributed by atoms with E-state index in [0.717, 1.165) is 30.0 Å².